The second-order valence-electron chi connectivity index (χ2n) is 5.52. The van der Waals surface area contributed by atoms with Gasteiger partial charge in [0, 0.05) is 12.1 Å². The van der Waals surface area contributed by atoms with Crippen LogP contribution in [0.2, 0.25) is 0 Å². The van der Waals surface area contributed by atoms with E-state index >= 15 is 0 Å². The summed E-state index contributed by atoms with van der Waals surface area (Å²) in [4.78, 5) is 26.9. The van der Waals surface area contributed by atoms with E-state index in [1.54, 1.807) is 6.07 Å². The van der Waals surface area contributed by atoms with Gasteiger partial charge in [0.05, 0.1) is 0 Å². The number of nitrogens with one attached hydrogen (secondary N) is 3. The number of H-pyrrole nitrogens is 1. The minimum atomic E-state index is -0.340. The molecule has 1 aliphatic rings. The number of aromatic amines is 1. The van der Waals surface area contributed by atoms with Crippen LogP contribution in [0, 0.1) is 5.92 Å². The van der Waals surface area contributed by atoms with Crippen LogP contribution in [0.3, 0.4) is 0 Å². The predicted octanol–water partition coefficient (Wildman–Crippen LogP) is 1.68. The second-order valence-corrected chi connectivity index (χ2v) is 5.52. The second kappa shape index (κ2) is 7.42. The van der Waals surface area contributed by atoms with Gasteiger partial charge in [0.1, 0.15) is 5.56 Å². The molecule has 0 radical (unpaired) electrons. The van der Waals surface area contributed by atoms with E-state index in [0.717, 1.165) is 36.8 Å². The maximum absolute atomic E-state index is 12.2. The molecule has 0 spiro atoms. The molecular formula is C16H20ClN3O2. The lowest BCUT2D eigenvalue weighted by Gasteiger charge is -2.22. The Hall–Kier alpha value is -1.85. The molecule has 3 rings (SSSR count). The summed E-state index contributed by atoms with van der Waals surface area (Å²) >= 11 is 0. The smallest absolute Gasteiger partial charge is 0.261 e. The summed E-state index contributed by atoms with van der Waals surface area (Å²) in [7, 11) is 0. The number of pyridine rings is 1. The van der Waals surface area contributed by atoms with Gasteiger partial charge in [-0.25, -0.2) is 0 Å². The molecule has 1 unspecified atom stereocenters. The fourth-order valence-corrected chi connectivity index (χ4v) is 2.75. The molecule has 1 fully saturated rings. The Balaban J connectivity index is 0.00000176. The van der Waals surface area contributed by atoms with Gasteiger partial charge in [0.2, 0.25) is 0 Å². The van der Waals surface area contributed by atoms with Crippen molar-refractivity contribution >= 4 is 29.2 Å². The summed E-state index contributed by atoms with van der Waals surface area (Å²) in [6, 6.07) is 9.10. The first kappa shape index (κ1) is 16.5. The third-order valence-electron chi connectivity index (χ3n) is 3.95. The maximum atomic E-state index is 12.2. The van der Waals surface area contributed by atoms with Gasteiger partial charge < -0.3 is 15.6 Å². The lowest BCUT2D eigenvalue weighted by molar-refractivity contribution is 0.0943. The maximum Gasteiger partial charge on any atom is 0.261 e. The number of halogens is 1. The SMILES string of the molecule is Cl.O=C(NCC1CCCNC1)c1cc2ccccc2[nH]c1=O. The zero-order chi connectivity index (χ0) is 14.7. The predicted molar refractivity (Wildman–Crippen MR) is 89.7 cm³/mol. The Morgan fingerprint density at radius 2 is 2.14 bits per heavy atom. The van der Waals surface area contributed by atoms with Gasteiger partial charge in [-0.1, -0.05) is 18.2 Å². The molecule has 0 saturated carbocycles. The highest BCUT2D eigenvalue weighted by atomic mass is 35.5. The largest absolute Gasteiger partial charge is 0.352 e. The van der Waals surface area contributed by atoms with Crippen LogP contribution in [-0.2, 0) is 0 Å². The summed E-state index contributed by atoms with van der Waals surface area (Å²) in [5, 5.41) is 7.05. The van der Waals surface area contributed by atoms with Crippen LogP contribution in [0.25, 0.3) is 10.9 Å². The van der Waals surface area contributed by atoms with E-state index in [4.69, 9.17) is 0 Å². The molecule has 1 saturated heterocycles. The molecule has 3 N–H and O–H groups in total. The highest BCUT2D eigenvalue weighted by Gasteiger charge is 2.16. The Kier molecular flexibility index (Phi) is 5.57. The van der Waals surface area contributed by atoms with Crippen LogP contribution in [0.15, 0.2) is 35.1 Å². The molecule has 1 aromatic heterocycles. The lowest BCUT2D eigenvalue weighted by atomic mass is 9.99. The number of amides is 1. The molecular weight excluding hydrogens is 302 g/mol. The first-order valence-corrected chi connectivity index (χ1v) is 7.35. The summed E-state index contributed by atoms with van der Waals surface area (Å²) in [6.45, 7) is 2.58. The van der Waals surface area contributed by atoms with Gasteiger partial charge in [-0.15, -0.1) is 12.4 Å². The van der Waals surface area contributed by atoms with Crippen LogP contribution >= 0.6 is 12.4 Å². The van der Waals surface area contributed by atoms with Crippen molar-refractivity contribution in [2.24, 2.45) is 5.92 Å². The van der Waals surface area contributed by atoms with Crippen LogP contribution in [0.1, 0.15) is 23.2 Å². The van der Waals surface area contributed by atoms with Crippen LogP contribution < -0.4 is 16.2 Å². The number of carbonyl (C=O) groups is 1. The number of aromatic nitrogens is 1. The normalized spacial score (nSPS) is 17.7. The fourth-order valence-electron chi connectivity index (χ4n) is 2.75. The molecule has 2 heterocycles. The fraction of sp³-hybridized carbons (Fsp3) is 0.375. The van der Waals surface area contributed by atoms with Gasteiger partial charge in [0.15, 0.2) is 0 Å². The number of rotatable bonds is 3. The third kappa shape index (κ3) is 3.67. The average molecular weight is 322 g/mol. The van der Waals surface area contributed by atoms with Gasteiger partial charge in [-0.2, -0.15) is 0 Å². The number of carbonyl (C=O) groups excluding carboxylic acids is 1. The summed E-state index contributed by atoms with van der Waals surface area (Å²) < 4.78 is 0. The van der Waals surface area contributed by atoms with Gasteiger partial charge in [-0.05, 0) is 49.4 Å². The first-order valence-electron chi connectivity index (χ1n) is 7.35. The number of piperidine rings is 1. The monoisotopic (exact) mass is 321 g/mol. The van der Waals surface area contributed by atoms with Crippen molar-refractivity contribution in [1.82, 2.24) is 15.6 Å². The van der Waals surface area contributed by atoms with E-state index in [-0.39, 0.29) is 29.4 Å². The zero-order valence-corrected chi connectivity index (χ0v) is 13.0. The van der Waals surface area contributed by atoms with Crippen molar-refractivity contribution in [3.05, 3.63) is 46.2 Å². The van der Waals surface area contributed by atoms with Crippen molar-refractivity contribution in [1.29, 1.82) is 0 Å². The molecule has 1 aliphatic heterocycles. The standard InChI is InChI=1S/C16H19N3O2.ClH/c20-15(18-10-11-4-3-7-17-9-11)13-8-12-5-1-2-6-14(12)19-16(13)21;/h1-2,5-6,8,11,17H,3-4,7,9-10H2,(H,18,20)(H,19,21);1H. The number of hydrogen-bond acceptors (Lipinski definition) is 3. The molecule has 6 heteroatoms. The van der Waals surface area contributed by atoms with E-state index in [2.05, 4.69) is 15.6 Å². The van der Waals surface area contributed by atoms with Gasteiger partial charge >= 0.3 is 0 Å². The molecule has 0 bridgehead atoms. The lowest BCUT2D eigenvalue weighted by Crippen LogP contribution is -2.39. The number of para-hydroxylation sites is 1. The number of fused-ring (bicyclic) bond motifs is 1. The molecule has 118 valence electrons. The third-order valence-corrected chi connectivity index (χ3v) is 3.95. The van der Waals surface area contributed by atoms with E-state index in [0.29, 0.717) is 12.5 Å². The minimum Gasteiger partial charge on any atom is -0.352 e. The van der Waals surface area contributed by atoms with Crippen LogP contribution in [0.5, 0.6) is 0 Å². The topological polar surface area (TPSA) is 74.0 Å². The Bertz CT molecular complexity index is 708. The first-order chi connectivity index (χ1) is 10.2. The zero-order valence-electron chi connectivity index (χ0n) is 12.2. The summed E-state index contributed by atoms with van der Waals surface area (Å²) in [5.74, 6) is 0.148. The minimum absolute atomic E-state index is 0. The van der Waals surface area contributed by atoms with Crippen LogP contribution in [-0.4, -0.2) is 30.5 Å². The quantitative estimate of drug-likeness (QED) is 0.805. The Labute approximate surface area is 134 Å². The van der Waals surface area contributed by atoms with Crippen molar-refractivity contribution < 1.29 is 4.79 Å². The van der Waals surface area contributed by atoms with Crippen LogP contribution in [0.4, 0.5) is 0 Å². The Morgan fingerprint density at radius 3 is 2.91 bits per heavy atom. The number of benzene rings is 1. The van der Waals surface area contributed by atoms with Crippen molar-refractivity contribution in [3.8, 4) is 0 Å². The molecule has 1 atom stereocenters. The van der Waals surface area contributed by atoms with E-state index in [9.17, 15) is 9.59 Å². The van der Waals surface area contributed by atoms with E-state index in [1.807, 2.05) is 24.3 Å². The number of hydrogen-bond donors (Lipinski definition) is 3. The molecule has 5 nitrogen and oxygen atoms in total. The van der Waals surface area contributed by atoms with Gasteiger partial charge in [0.25, 0.3) is 11.5 Å². The molecule has 22 heavy (non-hydrogen) atoms. The summed E-state index contributed by atoms with van der Waals surface area (Å²) in [6.07, 6.45) is 2.25. The van der Waals surface area contributed by atoms with Crippen molar-refractivity contribution in [2.45, 2.75) is 12.8 Å². The summed E-state index contributed by atoms with van der Waals surface area (Å²) in [5.41, 5.74) is 0.584. The van der Waals surface area contributed by atoms with Crippen molar-refractivity contribution in [2.75, 3.05) is 19.6 Å². The van der Waals surface area contributed by atoms with E-state index < -0.39 is 0 Å². The van der Waals surface area contributed by atoms with Gasteiger partial charge in [-0.3, -0.25) is 9.59 Å². The molecule has 1 amide bonds. The molecule has 1 aromatic carbocycles. The van der Waals surface area contributed by atoms with Crippen molar-refractivity contribution in [3.63, 3.8) is 0 Å². The highest BCUT2D eigenvalue weighted by molar-refractivity contribution is 5.97. The molecule has 0 aliphatic carbocycles. The van der Waals surface area contributed by atoms with E-state index in [1.165, 1.54) is 0 Å². The average Bonchev–Trinajstić information content (AvgIpc) is 2.53. The Morgan fingerprint density at radius 1 is 1.32 bits per heavy atom. The highest BCUT2D eigenvalue weighted by Crippen LogP contribution is 2.11. The molecule has 2 aromatic rings.